The van der Waals surface area contributed by atoms with Crippen LogP contribution < -0.4 is 16.4 Å². The zero-order chi connectivity index (χ0) is 23.3. The Balaban J connectivity index is 1.37. The summed E-state index contributed by atoms with van der Waals surface area (Å²) in [4.78, 5) is 14.2. The number of nitrogens with one attached hydrogen (secondary N) is 2. The highest BCUT2D eigenvalue weighted by Gasteiger charge is 2.21. The molecular formula is C26H30FN7. The molecule has 0 aliphatic heterocycles. The second kappa shape index (κ2) is 10.2. The lowest BCUT2D eigenvalue weighted by Crippen LogP contribution is -2.13. The van der Waals surface area contributed by atoms with Crippen molar-refractivity contribution in [3.05, 3.63) is 66.2 Å². The van der Waals surface area contributed by atoms with Gasteiger partial charge in [0.05, 0.1) is 6.33 Å². The average molecular weight is 460 g/mol. The lowest BCUT2D eigenvalue weighted by atomic mass is 10.0. The summed E-state index contributed by atoms with van der Waals surface area (Å²) >= 11 is 0. The highest BCUT2D eigenvalue weighted by Crippen LogP contribution is 2.33. The first kappa shape index (κ1) is 22.3. The van der Waals surface area contributed by atoms with Gasteiger partial charge in [0.25, 0.3) is 0 Å². The molecule has 1 aliphatic rings. The standard InChI is InChI=1S/C26H30FN7/c27-21-6-3-5-20(15-21)19-11-9-18(10-12-19)16-30-24-23-25(33-26(32-24)29-14-4-13-28)34(17-31-23)22-7-1-2-8-22/h3,5-6,9-12,15,17,22H,1-2,4,7-8,13-14,16,28H2,(H2,29,30,32,33). The lowest BCUT2D eigenvalue weighted by molar-refractivity contribution is 0.529. The molecule has 0 spiro atoms. The number of fused-ring (bicyclic) bond motifs is 1. The number of rotatable bonds is 9. The zero-order valence-corrected chi connectivity index (χ0v) is 19.2. The molecule has 2 aromatic carbocycles. The molecule has 0 bridgehead atoms. The van der Waals surface area contributed by atoms with Gasteiger partial charge < -0.3 is 20.9 Å². The van der Waals surface area contributed by atoms with Gasteiger partial charge in [-0.2, -0.15) is 9.97 Å². The molecule has 34 heavy (non-hydrogen) atoms. The number of imidazole rings is 1. The number of benzene rings is 2. The molecule has 8 heteroatoms. The predicted molar refractivity (Wildman–Crippen MR) is 134 cm³/mol. The fourth-order valence-electron chi connectivity index (χ4n) is 4.54. The molecule has 1 saturated carbocycles. The van der Waals surface area contributed by atoms with Gasteiger partial charge in [-0.15, -0.1) is 0 Å². The number of nitrogens with zero attached hydrogens (tertiary/aromatic N) is 4. The van der Waals surface area contributed by atoms with Gasteiger partial charge in [0.15, 0.2) is 17.0 Å². The van der Waals surface area contributed by atoms with Crippen LogP contribution in [0.4, 0.5) is 16.2 Å². The summed E-state index contributed by atoms with van der Waals surface area (Å²) in [5.74, 6) is 1.07. The molecule has 1 fully saturated rings. The lowest BCUT2D eigenvalue weighted by Gasteiger charge is -2.14. The Morgan fingerprint density at radius 1 is 1.00 bits per heavy atom. The van der Waals surface area contributed by atoms with Gasteiger partial charge in [-0.3, -0.25) is 0 Å². The van der Waals surface area contributed by atoms with Crippen LogP contribution in [0.1, 0.15) is 43.7 Å². The summed E-state index contributed by atoms with van der Waals surface area (Å²) < 4.78 is 15.8. The minimum Gasteiger partial charge on any atom is -0.364 e. The quantitative estimate of drug-likeness (QED) is 0.301. The molecule has 7 nitrogen and oxygen atoms in total. The molecule has 0 radical (unpaired) electrons. The van der Waals surface area contributed by atoms with Crippen LogP contribution in [0.5, 0.6) is 0 Å². The van der Waals surface area contributed by atoms with Crippen molar-refractivity contribution in [1.29, 1.82) is 0 Å². The molecule has 0 saturated heterocycles. The van der Waals surface area contributed by atoms with Crippen molar-refractivity contribution in [3.63, 3.8) is 0 Å². The Hall–Kier alpha value is -3.52. The molecule has 176 valence electrons. The van der Waals surface area contributed by atoms with E-state index in [1.54, 1.807) is 12.1 Å². The van der Waals surface area contributed by atoms with Crippen molar-refractivity contribution in [2.45, 2.75) is 44.7 Å². The number of hydrogen-bond donors (Lipinski definition) is 3. The number of halogens is 1. The van der Waals surface area contributed by atoms with Crippen molar-refractivity contribution < 1.29 is 4.39 Å². The van der Waals surface area contributed by atoms with E-state index in [1.807, 2.05) is 36.7 Å². The van der Waals surface area contributed by atoms with E-state index in [4.69, 9.17) is 15.7 Å². The molecule has 5 rings (SSSR count). The van der Waals surface area contributed by atoms with Crippen LogP contribution in [-0.2, 0) is 6.54 Å². The minimum atomic E-state index is -0.232. The van der Waals surface area contributed by atoms with Gasteiger partial charge in [0.1, 0.15) is 5.82 Å². The van der Waals surface area contributed by atoms with Crippen LogP contribution in [-0.4, -0.2) is 32.6 Å². The van der Waals surface area contributed by atoms with Crippen molar-refractivity contribution in [3.8, 4) is 11.1 Å². The first-order valence-corrected chi connectivity index (χ1v) is 12.0. The first-order valence-electron chi connectivity index (χ1n) is 12.0. The van der Waals surface area contributed by atoms with E-state index in [0.717, 1.165) is 53.7 Å². The van der Waals surface area contributed by atoms with Gasteiger partial charge in [-0.25, -0.2) is 9.37 Å². The van der Waals surface area contributed by atoms with E-state index in [9.17, 15) is 4.39 Å². The van der Waals surface area contributed by atoms with Crippen LogP contribution in [0.15, 0.2) is 54.9 Å². The van der Waals surface area contributed by atoms with E-state index in [-0.39, 0.29) is 5.82 Å². The number of anilines is 2. The fraction of sp³-hybridized carbons (Fsp3) is 0.346. The highest BCUT2D eigenvalue weighted by atomic mass is 19.1. The molecule has 0 amide bonds. The molecule has 4 aromatic rings. The maximum absolute atomic E-state index is 13.6. The Kier molecular flexibility index (Phi) is 6.67. The van der Waals surface area contributed by atoms with Gasteiger partial charge in [-0.1, -0.05) is 49.2 Å². The van der Waals surface area contributed by atoms with Crippen LogP contribution in [0.25, 0.3) is 22.3 Å². The van der Waals surface area contributed by atoms with Gasteiger partial charge in [0.2, 0.25) is 5.95 Å². The van der Waals surface area contributed by atoms with Crippen molar-refractivity contribution in [2.75, 3.05) is 23.7 Å². The maximum atomic E-state index is 13.6. The second-order valence-electron chi connectivity index (χ2n) is 8.79. The van der Waals surface area contributed by atoms with Gasteiger partial charge >= 0.3 is 0 Å². The van der Waals surface area contributed by atoms with Gasteiger partial charge in [-0.05, 0) is 54.6 Å². The van der Waals surface area contributed by atoms with E-state index < -0.39 is 0 Å². The third-order valence-electron chi connectivity index (χ3n) is 6.38. The molecule has 1 aliphatic carbocycles. The fourth-order valence-corrected chi connectivity index (χ4v) is 4.54. The van der Waals surface area contributed by atoms with Crippen molar-refractivity contribution >= 4 is 22.9 Å². The molecular weight excluding hydrogens is 429 g/mol. The Labute approximate surface area is 198 Å². The first-order chi connectivity index (χ1) is 16.7. The van der Waals surface area contributed by atoms with Crippen LogP contribution in [0.2, 0.25) is 0 Å². The van der Waals surface area contributed by atoms with E-state index >= 15 is 0 Å². The summed E-state index contributed by atoms with van der Waals surface area (Å²) in [5, 5.41) is 6.76. The number of nitrogens with two attached hydrogens (primary N) is 1. The van der Waals surface area contributed by atoms with E-state index in [0.29, 0.717) is 30.9 Å². The number of hydrogen-bond acceptors (Lipinski definition) is 6. The third kappa shape index (κ3) is 4.87. The summed E-state index contributed by atoms with van der Waals surface area (Å²) in [5.41, 5.74) is 10.2. The smallest absolute Gasteiger partial charge is 0.226 e. The van der Waals surface area contributed by atoms with E-state index in [1.165, 1.54) is 18.9 Å². The molecule has 4 N–H and O–H groups in total. The summed E-state index contributed by atoms with van der Waals surface area (Å²) in [6.45, 7) is 1.93. The zero-order valence-electron chi connectivity index (χ0n) is 19.2. The highest BCUT2D eigenvalue weighted by molar-refractivity contribution is 5.84. The normalized spacial score (nSPS) is 14.1. The summed E-state index contributed by atoms with van der Waals surface area (Å²) in [7, 11) is 0. The summed E-state index contributed by atoms with van der Waals surface area (Å²) in [6.07, 6.45) is 7.56. The van der Waals surface area contributed by atoms with Crippen molar-refractivity contribution in [2.24, 2.45) is 5.73 Å². The van der Waals surface area contributed by atoms with Crippen LogP contribution in [0, 0.1) is 5.82 Å². The monoisotopic (exact) mass is 459 g/mol. The average Bonchev–Trinajstić information content (AvgIpc) is 3.53. The third-order valence-corrected chi connectivity index (χ3v) is 6.38. The molecule has 2 aromatic heterocycles. The second-order valence-corrected chi connectivity index (χ2v) is 8.79. The van der Waals surface area contributed by atoms with Crippen LogP contribution >= 0.6 is 0 Å². The predicted octanol–water partition coefficient (Wildman–Crippen LogP) is 5.12. The summed E-state index contributed by atoms with van der Waals surface area (Å²) in [6, 6.07) is 15.2. The van der Waals surface area contributed by atoms with E-state index in [2.05, 4.69) is 20.2 Å². The van der Waals surface area contributed by atoms with Crippen LogP contribution in [0.3, 0.4) is 0 Å². The minimum absolute atomic E-state index is 0.232. The van der Waals surface area contributed by atoms with Gasteiger partial charge in [0, 0.05) is 19.1 Å². The molecule has 0 unspecified atom stereocenters. The number of aromatic nitrogens is 4. The Morgan fingerprint density at radius 3 is 2.59 bits per heavy atom. The Morgan fingerprint density at radius 2 is 1.82 bits per heavy atom. The molecule has 0 atom stereocenters. The largest absolute Gasteiger partial charge is 0.364 e. The van der Waals surface area contributed by atoms with Crippen molar-refractivity contribution in [1.82, 2.24) is 19.5 Å². The molecule has 2 heterocycles. The topological polar surface area (TPSA) is 93.7 Å². The SMILES string of the molecule is NCCCNc1nc(NCc2ccc(-c3cccc(F)c3)cc2)c2ncn(C3CCCC3)c2n1. The Bertz CT molecular complexity index is 1250. The maximum Gasteiger partial charge on any atom is 0.226 e.